The molecule has 0 aliphatic carbocycles. The van der Waals surface area contributed by atoms with Crippen LogP contribution in [-0.2, 0) is 16.4 Å². The van der Waals surface area contributed by atoms with Crippen LogP contribution in [-0.4, -0.2) is 30.2 Å². The van der Waals surface area contributed by atoms with Crippen molar-refractivity contribution in [1.29, 1.82) is 0 Å². The molecular weight excluding hydrogens is 398 g/mol. The smallest absolute Gasteiger partial charge is 0.227 e. The van der Waals surface area contributed by atoms with Gasteiger partial charge in [0.2, 0.25) is 5.88 Å². The van der Waals surface area contributed by atoms with Gasteiger partial charge in [-0.05, 0) is 42.8 Å². The van der Waals surface area contributed by atoms with Crippen LogP contribution in [0.1, 0.15) is 23.7 Å². The normalized spacial score (nSPS) is 12.8. The van der Waals surface area contributed by atoms with Crippen LogP contribution in [0.25, 0.3) is 0 Å². The van der Waals surface area contributed by atoms with Crippen molar-refractivity contribution in [2.75, 3.05) is 5.75 Å². The van der Waals surface area contributed by atoms with Crippen molar-refractivity contribution in [1.82, 2.24) is 9.78 Å². The molecule has 1 aromatic heterocycles. The number of hydrogen-bond acceptors (Lipinski definition) is 5. The number of sulfone groups is 1. The summed E-state index contributed by atoms with van der Waals surface area (Å²) in [5.41, 5.74) is 3.05. The summed E-state index contributed by atoms with van der Waals surface area (Å²) in [5, 5.41) is 5.24. The Morgan fingerprint density at radius 2 is 1.89 bits per heavy atom. The minimum absolute atomic E-state index is 0.0335. The van der Waals surface area contributed by atoms with Gasteiger partial charge >= 0.3 is 0 Å². The molecule has 4 rings (SSSR count). The van der Waals surface area contributed by atoms with Crippen LogP contribution in [0.4, 0.5) is 5.69 Å². The summed E-state index contributed by atoms with van der Waals surface area (Å²) >= 11 is 5.96. The highest BCUT2D eigenvalue weighted by Gasteiger charge is 2.22. The Hall–Kier alpha value is -2.64. The van der Waals surface area contributed by atoms with Gasteiger partial charge in [0.05, 0.1) is 28.5 Å². The molecule has 0 bridgehead atoms. The quantitative estimate of drug-likeness (QED) is 0.490. The van der Waals surface area contributed by atoms with E-state index < -0.39 is 9.84 Å². The Morgan fingerprint density at radius 1 is 1.14 bits per heavy atom. The first-order chi connectivity index (χ1) is 13.4. The summed E-state index contributed by atoms with van der Waals surface area (Å²) in [7, 11) is -3.32. The van der Waals surface area contributed by atoms with Crippen LogP contribution < -0.4 is 4.74 Å². The monoisotopic (exact) mass is 415 g/mol. The zero-order chi connectivity index (χ0) is 19.9. The van der Waals surface area contributed by atoms with Crippen LogP contribution in [0.5, 0.6) is 11.6 Å². The van der Waals surface area contributed by atoms with E-state index in [9.17, 15) is 8.42 Å². The third-order valence-electron chi connectivity index (χ3n) is 4.58. The average molecular weight is 416 g/mol. The van der Waals surface area contributed by atoms with Crippen molar-refractivity contribution >= 4 is 33.3 Å². The Bertz CT molecular complexity index is 1180. The van der Waals surface area contributed by atoms with Crippen molar-refractivity contribution in [3.63, 3.8) is 0 Å². The number of benzene rings is 2. The molecule has 0 amide bonds. The van der Waals surface area contributed by atoms with E-state index in [1.807, 2.05) is 31.2 Å². The first kappa shape index (κ1) is 18.7. The largest absolute Gasteiger partial charge is 0.436 e. The maximum Gasteiger partial charge on any atom is 0.227 e. The van der Waals surface area contributed by atoms with Crippen molar-refractivity contribution < 1.29 is 13.2 Å². The molecule has 2 heterocycles. The number of halogens is 1. The Kier molecular flexibility index (Phi) is 4.72. The second-order valence-corrected chi connectivity index (χ2v) is 9.20. The number of aromatic nitrogens is 2. The lowest BCUT2D eigenvalue weighted by Gasteiger charge is -2.11. The highest BCUT2D eigenvalue weighted by Crippen LogP contribution is 2.38. The molecule has 1 aliphatic heterocycles. The molecule has 6 nitrogen and oxygen atoms in total. The highest BCUT2D eigenvalue weighted by molar-refractivity contribution is 7.91. The highest BCUT2D eigenvalue weighted by atomic mass is 35.5. The summed E-state index contributed by atoms with van der Waals surface area (Å²) in [5.74, 6) is 1.09. The van der Waals surface area contributed by atoms with Crippen LogP contribution >= 0.6 is 11.6 Å². The zero-order valence-corrected chi connectivity index (χ0v) is 17.0. The molecule has 0 spiro atoms. The van der Waals surface area contributed by atoms with E-state index in [0.29, 0.717) is 28.9 Å². The van der Waals surface area contributed by atoms with Gasteiger partial charge in [-0.3, -0.25) is 4.99 Å². The van der Waals surface area contributed by atoms with Crippen LogP contribution in [0, 0.1) is 6.92 Å². The number of nitrogens with zero attached hydrogens (tertiary/aromatic N) is 3. The standard InChI is InChI=1S/C20H18ClN3O3S/c1-3-28(25,26)16-8-9-19-18(10-16)22-11-17-13(2)23-24(20(17)27-19)12-14-4-6-15(21)7-5-14/h4-11H,3,12H2,1-2H3. The molecule has 0 saturated carbocycles. The fourth-order valence-electron chi connectivity index (χ4n) is 2.98. The molecule has 144 valence electrons. The second kappa shape index (κ2) is 7.07. The zero-order valence-electron chi connectivity index (χ0n) is 15.4. The molecule has 8 heteroatoms. The molecule has 0 atom stereocenters. The SMILES string of the molecule is CCS(=O)(=O)c1ccc2c(c1)N=Cc1c(C)nn(Cc3ccc(Cl)cc3)c1O2. The third-order valence-corrected chi connectivity index (χ3v) is 6.56. The topological polar surface area (TPSA) is 73.5 Å². The fraction of sp³-hybridized carbons (Fsp3) is 0.200. The number of aryl methyl sites for hydroxylation is 1. The number of rotatable bonds is 4. The van der Waals surface area contributed by atoms with E-state index in [4.69, 9.17) is 16.3 Å². The maximum atomic E-state index is 12.2. The summed E-state index contributed by atoms with van der Waals surface area (Å²) in [6.07, 6.45) is 1.67. The molecule has 0 fully saturated rings. The van der Waals surface area contributed by atoms with Gasteiger partial charge in [-0.1, -0.05) is 30.7 Å². The number of hydrogen-bond donors (Lipinski definition) is 0. The van der Waals surface area contributed by atoms with Gasteiger partial charge in [-0.2, -0.15) is 5.10 Å². The fourth-order valence-corrected chi connectivity index (χ4v) is 4.01. The summed E-state index contributed by atoms with van der Waals surface area (Å²) in [6, 6.07) is 12.3. The van der Waals surface area contributed by atoms with Gasteiger partial charge in [0.1, 0.15) is 5.69 Å². The Labute approximate surface area is 168 Å². The molecular formula is C20H18ClN3O3S. The van der Waals surface area contributed by atoms with Crippen molar-refractivity contribution in [3.8, 4) is 11.6 Å². The van der Waals surface area contributed by atoms with Gasteiger partial charge < -0.3 is 4.74 Å². The van der Waals surface area contributed by atoms with Crippen molar-refractivity contribution in [3.05, 3.63) is 64.3 Å². The van der Waals surface area contributed by atoms with Crippen LogP contribution in [0.15, 0.2) is 52.4 Å². The number of fused-ring (bicyclic) bond motifs is 2. The van der Waals surface area contributed by atoms with Gasteiger partial charge in [-0.25, -0.2) is 13.1 Å². The van der Waals surface area contributed by atoms with Crippen molar-refractivity contribution in [2.24, 2.45) is 4.99 Å². The second-order valence-electron chi connectivity index (χ2n) is 6.48. The van der Waals surface area contributed by atoms with Gasteiger partial charge in [0.25, 0.3) is 0 Å². The first-order valence-corrected chi connectivity index (χ1v) is 10.8. The Balaban J connectivity index is 1.73. The lowest BCUT2D eigenvalue weighted by molar-refractivity contribution is 0.422. The Morgan fingerprint density at radius 3 is 2.61 bits per heavy atom. The molecule has 1 aliphatic rings. The van der Waals surface area contributed by atoms with Gasteiger partial charge in [0, 0.05) is 11.2 Å². The molecule has 2 aromatic carbocycles. The molecule has 0 radical (unpaired) electrons. The maximum absolute atomic E-state index is 12.2. The van der Waals surface area contributed by atoms with E-state index >= 15 is 0 Å². The van der Waals surface area contributed by atoms with Crippen molar-refractivity contribution in [2.45, 2.75) is 25.3 Å². The van der Waals surface area contributed by atoms with E-state index in [1.165, 1.54) is 0 Å². The lowest BCUT2D eigenvalue weighted by Crippen LogP contribution is -2.05. The molecule has 0 N–H and O–H groups in total. The minimum atomic E-state index is -3.32. The predicted octanol–water partition coefficient (Wildman–Crippen LogP) is 4.54. The van der Waals surface area contributed by atoms with E-state index in [0.717, 1.165) is 16.8 Å². The molecule has 0 unspecified atom stereocenters. The molecule has 0 saturated heterocycles. The average Bonchev–Trinajstić information content (AvgIpc) is 2.86. The van der Waals surface area contributed by atoms with Crippen LogP contribution in [0.2, 0.25) is 5.02 Å². The summed E-state index contributed by atoms with van der Waals surface area (Å²) < 4.78 is 32.2. The first-order valence-electron chi connectivity index (χ1n) is 8.78. The lowest BCUT2D eigenvalue weighted by atomic mass is 10.2. The van der Waals surface area contributed by atoms with Crippen LogP contribution in [0.3, 0.4) is 0 Å². The molecule has 28 heavy (non-hydrogen) atoms. The third kappa shape index (κ3) is 3.43. The number of ether oxygens (including phenoxy) is 1. The number of aliphatic imine (C=N–C) groups is 1. The van der Waals surface area contributed by atoms with E-state index in [-0.39, 0.29) is 10.6 Å². The molecule has 3 aromatic rings. The minimum Gasteiger partial charge on any atom is -0.436 e. The van der Waals surface area contributed by atoms with E-state index in [2.05, 4.69) is 10.1 Å². The van der Waals surface area contributed by atoms with Gasteiger partial charge in [-0.15, -0.1) is 0 Å². The van der Waals surface area contributed by atoms with Gasteiger partial charge in [0.15, 0.2) is 15.6 Å². The summed E-state index contributed by atoms with van der Waals surface area (Å²) in [4.78, 5) is 4.68. The predicted molar refractivity (Wildman–Crippen MR) is 109 cm³/mol. The van der Waals surface area contributed by atoms with E-state index in [1.54, 1.807) is 36.0 Å². The summed E-state index contributed by atoms with van der Waals surface area (Å²) in [6.45, 7) is 4.01.